The third-order valence-electron chi connectivity index (χ3n) is 3.23. The molecule has 0 aromatic carbocycles. The maximum absolute atomic E-state index is 3.59. The predicted octanol–water partition coefficient (Wildman–Crippen LogP) is 1.01. The average Bonchev–Trinajstić information content (AvgIpc) is 2.20. The fourth-order valence-corrected chi connectivity index (χ4v) is 2.05. The summed E-state index contributed by atoms with van der Waals surface area (Å²) in [7, 11) is 4.47. The predicted molar refractivity (Wildman–Crippen MR) is 66.3 cm³/mol. The summed E-state index contributed by atoms with van der Waals surface area (Å²) in [6.07, 6.45) is 3.85. The molecule has 0 amide bonds. The van der Waals surface area contributed by atoms with Crippen LogP contribution < -0.4 is 5.32 Å². The van der Waals surface area contributed by atoms with E-state index in [0.717, 1.165) is 6.54 Å². The normalized spacial score (nSPS) is 29.4. The van der Waals surface area contributed by atoms with E-state index in [1.165, 1.54) is 45.4 Å². The van der Waals surface area contributed by atoms with Crippen LogP contribution in [0.25, 0.3) is 0 Å². The van der Waals surface area contributed by atoms with Gasteiger partial charge < -0.3 is 15.1 Å². The van der Waals surface area contributed by atoms with Gasteiger partial charge in [-0.25, -0.2) is 0 Å². The minimum atomic E-state index is 0.664. The van der Waals surface area contributed by atoms with Crippen molar-refractivity contribution in [3.63, 3.8) is 0 Å². The third kappa shape index (κ3) is 6.13. The monoisotopic (exact) mass is 213 g/mol. The first-order chi connectivity index (χ1) is 7.18. The number of hydrogen-bond acceptors (Lipinski definition) is 3. The van der Waals surface area contributed by atoms with Crippen molar-refractivity contribution in [2.45, 2.75) is 32.2 Å². The van der Waals surface area contributed by atoms with Crippen LogP contribution in [0.2, 0.25) is 0 Å². The van der Waals surface area contributed by atoms with Crippen molar-refractivity contribution in [3.8, 4) is 0 Å². The summed E-state index contributed by atoms with van der Waals surface area (Å²) in [6.45, 7) is 8.37. The topological polar surface area (TPSA) is 18.5 Å². The Labute approximate surface area is 94.8 Å². The third-order valence-corrected chi connectivity index (χ3v) is 3.23. The molecule has 1 rings (SSSR count). The molecule has 1 unspecified atom stereocenters. The second kappa shape index (κ2) is 7.20. The van der Waals surface area contributed by atoms with E-state index < -0.39 is 0 Å². The van der Waals surface area contributed by atoms with Gasteiger partial charge in [0.05, 0.1) is 0 Å². The highest BCUT2D eigenvalue weighted by molar-refractivity contribution is 4.66. The van der Waals surface area contributed by atoms with Gasteiger partial charge in [0.1, 0.15) is 0 Å². The molecular formula is C12H27N3. The maximum Gasteiger partial charge on any atom is 0.00509 e. The molecule has 1 fully saturated rings. The molecule has 0 radical (unpaired) electrons. The molecule has 90 valence electrons. The second-order valence-corrected chi connectivity index (χ2v) is 4.96. The molecule has 0 aromatic heterocycles. The van der Waals surface area contributed by atoms with E-state index in [1.807, 2.05) is 0 Å². The van der Waals surface area contributed by atoms with Crippen molar-refractivity contribution in [2.24, 2.45) is 0 Å². The van der Waals surface area contributed by atoms with Gasteiger partial charge in [-0.15, -0.1) is 0 Å². The summed E-state index contributed by atoms with van der Waals surface area (Å²) >= 11 is 0. The zero-order chi connectivity index (χ0) is 11.1. The molecule has 0 saturated carbocycles. The van der Waals surface area contributed by atoms with Gasteiger partial charge in [-0.05, 0) is 73.0 Å². The zero-order valence-electron chi connectivity index (χ0n) is 10.6. The van der Waals surface area contributed by atoms with Crippen LogP contribution in [0.3, 0.4) is 0 Å². The molecule has 15 heavy (non-hydrogen) atoms. The van der Waals surface area contributed by atoms with E-state index in [0.29, 0.717) is 6.04 Å². The first kappa shape index (κ1) is 12.9. The van der Waals surface area contributed by atoms with Crippen LogP contribution in [0, 0.1) is 0 Å². The number of nitrogens with one attached hydrogen (secondary N) is 1. The van der Waals surface area contributed by atoms with Crippen molar-refractivity contribution >= 4 is 0 Å². The summed E-state index contributed by atoms with van der Waals surface area (Å²) in [5.74, 6) is 0. The molecule has 3 nitrogen and oxygen atoms in total. The summed E-state index contributed by atoms with van der Waals surface area (Å²) in [6, 6.07) is 0.664. The number of nitrogens with zero attached hydrogens (tertiary/aromatic N) is 2. The largest absolute Gasteiger partial charge is 0.314 e. The van der Waals surface area contributed by atoms with E-state index >= 15 is 0 Å². The first-order valence-electron chi connectivity index (χ1n) is 6.29. The van der Waals surface area contributed by atoms with E-state index in [1.54, 1.807) is 0 Å². The minimum absolute atomic E-state index is 0.664. The highest BCUT2D eigenvalue weighted by atomic mass is 15.1. The Morgan fingerprint density at radius 1 is 0.933 bits per heavy atom. The van der Waals surface area contributed by atoms with Crippen LogP contribution in [-0.4, -0.2) is 62.7 Å². The first-order valence-corrected chi connectivity index (χ1v) is 6.29. The van der Waals surface area contributed by atoms with Crippen LogP contribution in [0.15, 0.2) is 0 Å². The van der Waals surface area contributed by atoms with Crippen molar-refractivity contribution in [3.05, 3.63) is 0 Å². The Bertz CT molecular complexity index is 161. The highest BCUT2D eigenvalue weighted by Crippen LogP contribution is 1.99. The van der Waals surface area contributed by atoms with Gasteiger partial charge >= 0.3 is 0 Å². The van der Waals surface area contributed by atoms with Gasteiger partial charge in [-0.3, -0.25) is 0 Å². The molecule has 1 saturated heterocycles. The summed E-state index contributed by atoms with van der Waals surface area (Å²) < 4.78 is 0. The van der Waals surface area contributed by atoms with Gasteiger partial charge in [0, 0.05) is 6.04 Å². The summed E-state index contributed by atoms with van der Waals surface area (Å²) in [4.78, 5) is 4.90. The molecular weight excluding hydrogens is 186 g/mol. The molecule has 3 heteroatoms. The molecule has 1 aliphatic heterocycles. The van der Waals surface area contributed by atoms with Crippen LogP contribution in [0.1, 0.15) is 26.2 Å². The second-order valence-electron chi connectivity index (χ2n) is 4.96. The summed E-state index contributed by atoms with van der Waals surface area (Å²) in [5.41, 5.74) is 0. The van der Waals surface area contributed by atoms with Crippen molar-refractivity contribution in [2.75, 3.05) is 46.8 Å². The van der Waals surface area contributed by atoms with Crippen LogP contribution in [-0.2, 0) is 0 Å². The van der Waals surface area contributed by atoms with Crippen LogP contribution >= 0.6 is 0 Å². The molecule has 1 atom stereocenters. The van der Waals surface area contributed by atoms with Gasteiger partial charge in [0.15, 0.2) is 0 Å². The SMILES string of the molecule is CC1CCN(C)CCCN(C)CCCN1. The van der Waals surface area contributed by atoms with Gasteiger partial charge in [-0.1, -0.05) is 0 Å². The molecule has 0 aromatic rings. The fourth-order valence-electron chi connectivity index (χ4n) is 2.05. The van der Waals surface area contributed by atoms with Gasteiger partial charge in [-0.2, -0.15) is 0 Å². The molecule has 1 N–H and O–H groups in total. The van der Waals surface area contributed by atoms with Crippen molar-refractivity contribution < 1.29 is 0 Å². The molecule has 0 spiro atoms. The summed E-state index contributed by atoms with van der Waals surface area (Å²) in [5, 5.41) is 3.59. The van der Waals surface area contributed by atoms with E-state index in [4.69, 9.17) is 0 Å². The van der Waals surface area contributed by atoms with Crippen LogP contribution in [0.4, 0.5) is 0 Å². The van der Waals surface area contributed by atoms with Crippen molar-refractivity contribution in [1.82, 2.24) is 15.1 Å². The van der Waals surface area contributed by atoms with Crippen LogP contribution in [0.5, 0.6) is 0 Å². The lowest BCUT2D eigenvalue weighted by Crippen LogP contribution is -2.35. The average molecular weight is 213 g/mol. The fraction of sp³-hybridized carbons (Fsp3) is 1.00. The van der Waals surface area contributed by atoms with Gasteiger partial charge in [0.2, 0.25) is 0 Å². The quantitative estimate of drug-likeness (QED) is 0.648. The van der Waals surface area contributed by atoms with E-state index in [9.17, 15) is 0 Å². The lowest BCUT2D eigenvalue weighted by atomic mass is 10.2. The minimum Gasteiger partial charge on any atom is -0.314 e. The molecule has 1 heterocycles. The number of rotatable bonds is 0. The Hall–Kier alpha value is -0.120. The smallest absolute Gasteiger partial charge is 0.00509 e. The van der Waals surface area contributed by atoms with Crippen molar-refractivity contribution in [1.29, 1.82) is 0 Å². The molecule has 1 aliphatic rings. The highest BCUT2D eigenvalue weighted by Gasteiger charge is 2.06. The lowest BCUT2D eigenvalue weighted by Gasteiger charge is -2.24. The lowest BCUT2D eigenvalue weighted by molar-refractivity contribution is 0.257. The Kier molecular flexibility index (Phi) is 6.22. The molecule has 0 aliphatic carbocycles. The van der Waals surface area contributed by atoms with E-state index in [-0.39, 0.29) is 0 Å². The molecule has 0 bridgehead atoms. The maximum atomic E-state index is 3.59. The van der Waals surface area contributed by atoms with E-state index in [2.05, 4.69) is 36.1 Å². The Morgan fingerprint density at radius 3 is 2.27 bits per heavy atom. The standard InChI is InChI=1S/C12H27N3/c1-12-6-11-15(3)10-5-9-14(2)8-4-7-13-12/h12-13H,4-11H2,1-3H3. The number of hydrogen-bond donors (Lipinski definition) is 1. The van der Waals surface area contributed by atoms with Gasteiger partial charge in [0.25, 0.3) is 0 Å². The Morgan fingerprint density at radius 2 is 1.53 bits per heavy atom. The Balaban J connectivity index is 2.30. The zero-order valence-corrected chi connectivity index (χ0v) is 10.6.